The maximum atomic E-state index is 12.3. The molecule has 0 aliphatic rings. The maximum Gasteiger partial charge on any atom is 0.341 e. The van der Waals surface area contributed by atoms with Crippen molar-refractivity contribution < 1.29 is 19.1 Å². The molecule has 1 heterocycles. The van der Waals surface area contributed by atoms with Crippen LogP contribution in [0.25, 0.3) is 0 Å². The monoisotopic (exact) mass is 472 g/mol. The number of halogens is 1. The Morgan fingerprint density at radius 1 is 1.12 bits per heavy atom. The van der Waals surface area contributed by atoms with E-state index >= 15 is 0 Å². The molecule has 8 heteroatoms. The number of amides is 2. The van der Waals surface area contributed by atoms with Gasteiger partial charge in [-0.15, -0.1) is 11.3 Å². The van der Waals surface area contributed by atoms with Crippen molar-refractivity contribution in [3.05, 3.63) is 43.8 Å². The Morgan fingerprint density at radius 3 is 2.36 bits per heavy atom. The van der Waals surface area contributed by atoms with Gasteiger partial charge in [-0.25, -0.2) is 4.79 Å². The number of benzene rings is 1. The summed E-state index contributed by atoms with van der Waals surface area (Å²) < 4.78 is 6.16. The van der Waals surface area contributed by atoms with Crippen LogP contribution in [0.1, 0.15) is 27.7 Å². The molecule has 0 saturated carbocycles. The minimum Gasteiger partial charge on any atom is -0.452 e. The molecule has 0 fully saturated rings. The fourth-order valence-electron chi connectivity index (χ4n) is 2.05. The normalized spacial score (nSPS) is 10.2. The number of carbonyl (C=O) groups is 3. The molecule has 132 valence electrons. The van der Waals surface area contributed by atoms with Crippen LogP contribution in [0.4, 0.5) is 10.7 Å². The Kier molecular flexibility index (Phi) is 6.54. The van der Waals surface area contributed by atoms with E-state index in [1.165, 1.54) is 18.3 Å². The van der Waals surface area contributed by atoms with Gasteiger partial charge in [0.05, 0.1) is 5.56 Å². The lowest BCUT2D eigenvalue weighted by molar-refractivity contribution is -0.119. The standard InChI is InChI=1S/C17H17IN2O4S/c1-9-10(2)25-16(19-11(3)21)15(9)17(23)24-8-14(22)20-13-6-4-12(18)5-7-13/h4-7H,8H2,1-3H3,(H,19,21)(H,20,22). The molecule has 0 saturated heterocycles. The molecule has 0 unspecified atom stereocenters. The fourth-order valence-corrected chi connectivity index (χ4v) is 3.51. The molecule has 6 nitrogen and oxygen atoms in total. The first-order valence-corrected chi connectivity index (χ1v) is 9.27. The number of thiophene rings is 1. The van der Waals surface area contributed by atoms with Crippen LogP contribution < -0.4 is 10.6 Å². The molecule has 0 spiro atoms. The highest BCUT2D eigenvalue weighted by atomic mass is 127. The lowest BCUT2D eigenvalue weighted by atomic mass is 10.1. The third-order valence-corrected chi connectivity index (χ3v) is 5.18. The summed E-state index contributed by atoms with van der Waals surface area (Å²) in [5, 5.41) is 5.72. The number of rotatable bonds is 5. The number of hydrogen-bond donors (Lipinski definition) is 2. The van der Waals surface area contributed by atoms with Crippen LogP contribution >= 0.6 is 33.9 Å². The Morgan fingerprint density at radius 2 is 1.76 bits per heavy atom. The van der Waals surface area contributed by atoms with Crippen molar-refractivity contribution in [1.82, 2.24) is 0 Å². The average Bonchev–Trinajstić information content (AvgIpc) is 2.81. The van der Waals surface area contributed by atoms with E-state index in [4.69, 9.17) is 4.74 Å². The molecule has 2 amide bonds. The van der Waals surface area contributed by atoms with Gasteiger partial charge in [-0.05, 0) is 66.3 Å². The van der Waals surface area contributed by atoms with Crippen LogP contribution in [0.5, 0.6) is 0 Å². The predicted molar refractivity (Wildman–Crippen MR) is 106 cm³/mol. The third-order valence-electron chi connectivity index (χ3n) is 3.34. The van der Waals surface area contributed by atoms with Crippen LogP contribution in [0.15, 0.2) is 24.3 Å². The summed E-state index contributed by atoms with van der Waals surface area (Å²) in [5.74, 6) is -1.34. The van der Waals surface area contributed by atoms with Crippen molar-refractivity contribution in [3.8, 4) is 0 Å². The molecule has 0 aliphatic heterocycles. The van der Waals surface area contributed by atoms with Crippen LogP contribution in [0, 0.1) is 17.4 Å². The molecule has 1 aromatic heterocycles. The zero-order valence-electron chi connectivity index (χ0n) is 13.9. The van der Waals surface area contributed by atoms with Gasteiger partial charge in [-0.3, -0.25) is 9.59 Å². The zero-order chi connectivity index (χ0) is 18.6. The molecule has 2 N–H and O–H groups in total. The van der Waals surface area contributed by atoms with Crippen LogP contribution in [0.2, 0.25) is 0 Å². The van der Waals surface area contributed by atoms with E-state index in [9.17, 15) is 14.4 Å². The summed E-state index contributed by atoms with van der Waals surface area (Å²) in [6, 6.07) is 7.25. The Balaban J connectivity index is 2.01. The molecular weight excluding hydrogens is 455 g/mol. The third kappa shape index (κ3) is 5.27. The summed E-state index contributed by atoms with van der Waals surface area (Å²) >= 11 is 3.47. The topological polar surface area (TPSA) is 84.5 Å². The van der Waals surface area contributed by atoms with Crippen LogP contribution in [-0.2, 0) is 14.3 Å². The quantitative estimate of drug-likeness (QED) is 0.513. The van der Waals surface area contributed by atoms with Crippen LogP contribution in [0.3, 0.4) is 0 Å². The Labute approximate surface area is 163 Å². The number of hydrogen-bond acceptors (Lipinski definition) is 5. The van der Waals surface area contributed by atoms with Gasteiger partial charge in [0.25, 0.3) is 5.91 Å². The highest BCUT2D eigenvalue weighted by Gasteiger charge is 2.22. The van der Waals surface area contributed by atoms with Crippen molar-refractivity contribution in [2.75, 3.05) is 17.2 Å². The molecule has 0 radical (unpaired) electrons. The van der Waals surface area contributed by atoms with E-state index in [2.05, 4.69) is 33.2 Å². The second-order valence-electron chi connectivity index (χ2n) is 5.30. The lowest BCUT2D eigenvalue weighted by Gasteiger charge is -2.08. The van der Waals surface area contributed by atoms with Gasteiger partial charge in [0.1, 0.15) is 5.00 Å². The Bertz CT molecular complexity index is 815. The molecule has 25 heavy (non-hydrogen) atoms. The smallest absolute Gasteiger partial charge is 0.341 e. The molecule has 0 atom stereocenters. The van der Waals surface area contributed by atoms with Gasteiger partial charge >= 0.3 is 5.97 Å². The number of nitrogens with one attached hydrogen (secondary N) is 2. The minimum atomic E-state index is -0.636. The fraction of sp³-hybridized carbons (Fsp3) is 0.235. The van der Waals surface area contributed by atoms with Gasteiger partial charge < -0.3 is 15.4 Å². The van der Waals surface area contributed by atoms with E-state index in [1.54, 1.807) is 19.1 Å². The molecule has 2 rings (SSSR count). The van der Waals surface area contributed by atoms with E-state index in [0.717, 1.165) is 14.0 Å². The van der Waals surface area contributed by atoms with Gasteiger partial charge in [-0.1, -0.05) is 0 Å². The highest BCUT2D eigenvalue weighted by Crippen LogP contribution is 2.32. The SMILES string of the molecule is CC(=O)Nc1sc(C)c(C)c1C(=O)OCC(=O)Nc1ccc(I)cc1. The van der Waals surface area contributed by atoms with Crippen molar-refractivity contribution in [3.63, 3.8) is 0 Å². The largest absolute Gasteiger partial charge is 0.452 e. The van der Waals surface area contributed by atoms with Crippen molar-refractivity contribution in [1.29, 1.82) is 0 Å². The van der Waals surface area contributed by atoms with E-state index in [1.807, 2.05) is 19.1 Å². The van der Waals surface area contributed by atoms with Crippen molar-refractivity contribution in [2.24, 2.45) is 0 Å². The lowest BCUT2D eigenvalue weighted by Crippen LogP contribution is -2.21. The van der Waals surface area contributed by atoms with Gasteiger partial charge in [0, 0.05) is 21.1 Å². The first-order chi connectivity index (χ1) is 11.8. The summed E-state index contributed by atoms with van der Waals surface area (Å²) in [7, 11) is 0. The second-order valence-corrected chi connectivity index (χ2v) is 7.77. The minimum absolute atomic E-state index is 0.272. The van der Waals surface area contributed by atoms with Crippen molar-refractivity contribution >= 4 is 62.4 Å². The van der Waals surface area contributed by atoms with Gasteiger partial charge in [0.15, 0.2) is 6.61 Å². The number of anilines is 2. The first kappa shape index (κ1) is 19.4. The van der Waals surface area contributed by atoms with Gasteiger partial charge in [-0.2, -0.15) is 0 Å². The van der Waals surface area contributed by atoms with Crippen molar-refractivity contribution in [2.45, 2.75) is 20.8 Å². The van der Waals surface area contributed by atoms with E-state index in [0.29, 0.717) is 16.3 Å². The van der Waals surface area contributed by atoms with Crippen LogP contribution in [-0.4, -0.2) is 24.4 Å². The number of ether oxygens (including phenoxy) is 1. The molecular formula is C17H17IN2O4S. The summed E-state index contributed by atoms with van der Waals surface area (Å²) in [6.07, 6.45) is 0. The summed E-state index contributed by atoms with van der Waals surface area (Å²) in [6.45, 7) is 4.59. The maximum absolute atomic E-state index is 12.3. The summed E-state index contributed by atoms with van der Waals surface area (Å²) in [5.41, 5.74) is 1.65. The highest BCUT2D eigenvalue weighted by molar-refractivity contribution is 14.1. The summed E-state index contributed by atoms with van der Waals surface area (Å²) in [4.78, 5) is 36.4. The zero-order valence-corrected chi connectivity index (χ0v) is 16.9. The first-order valence-electron chi connectivity index (χ1n) is 7.38. The second kappa shape index (κ2) is 8.43. The molecule has 1 aromatic carbocycles. The number of carbonyl (C=O) groups excluding carboxylic acids is 3. The molecule has 2 aromatic rings. The molecule has 0 aliphatic carbocycles. The Hall–Kier alpha value is -1.94. The van der Waals surface area contributed by atoms with E-state index in [-0.39, 0.29) is 5.91 Å². The average molecular weight is 472 g/mol. The number of aryl methyl sites for hydroxylation is 1. The number of esters is 1. The predicted octanol–water partition coefficient (Wildman–Crippen LogP) is 3.72. The van der Waals surface area contributed by atoms with E-state index < -0.39 is 18.5 Å². The molecule has 0 bridgehead atoms. The van der Waals surface area contributed by atoms with Gasteiger partial charge in [0.2, 0.25) is 5.91 Å².